The molecule has 1 amide bonds. The fourth-order valence-corrected chi connectivity index (χ4v) is 3.56. The van der Waals surface area contributed by atoms with Crippen LogP contribution in [-0.2, 0) is 22.7 Å². The van der Waals surface area contributed by atoms with Crippen molar-refractivity contribution < 1.29 is 19.1 Å². The van der Waals surface area contributed by atoms with E-state index in [0.29, 0.717) is 22.7 Å². The van der Waals surface area contributed by atoms with Crippen LogP contribution in [0.3, 0.4) is 0 Å². The van der Waals surface area contributed by atoms with Crippen LogP contribution in [0, 0.1) is 6.92 Å². The highest BCUT2D eigenvalue weighted by atomic mass is 16.5. The van der Waals surface area contributed by atoms with Crippen LogP contribution in [0.1, 0.15) is 34.1 Å². The number of nitrogens with zero attached hydrogens (tertiary/aromatic N) is 1. The first-order valence-corrected chi connectivity index (χ1v) is 10.8. The molecule has 3 N–H and O–H groups in total. The van der Waals surface area contributed by atoms with Gasteiger partial charge in [0, 0.05) is 40.5 Å². The second kappa shape index (κ2) is 10.0. The number of nitrogen functional groups attached to an aromatic ring is 1. The molecular formula is C27H25N3O4. The zero-order valence-electron chi connectivity index (χ0n) is 19.0. The van der Waals surface area contributed by atoms with Gasteiger partial charge in [-0.05, 0) is 55.0 Å². The van der Waals surface area contributed by atoms with Gasteiger partial charge in [0.1, 0.15) is 19.0 Å². The van der Waals surface area contributed by atoms with Gasteiger partial charge < -0.3 is 20.5 Å². The summed E-state index contributed by atoms with van der Waals surface area (Å²) in [6.45, 7) is 3.70. The van der Waals surface area contributed by atoms with Crippen LogP contribution >= 0.6 is 0 Å². The molecular weight excluding hydrogens is 430 g/mol. The lowest BCUT2D eigenvalue weighted by molar-refractivity contribution is -0.142. The largest absolute Gasteiger partial charge is 0.489 e. The van der Waals surface area contributed by atoms with Gasteiger partial charge in [-0.2, -0.15) is 0 Å². The number of fused-ring (bicyclic) bond motifs is 1. The standard InChI is InChI=1S/C27H25N3O4/c1-17-13-25(28)24-14-21(9-12-26(24)29-17)30-27(32)23-6-4-3-5-20(23)16-34-22-10-7-19(8-11-22)15-33-18(2)31/h3-14H,15-16H2,1-2H3,(H2,28,29)(H,30,32). The molecule has 0 unspecified atom stereocenters. The van der Waals surface area contributed by atoms with Crippen molar-refractivity contribution in [2.75, 3.05) is 11.1 Å². The molecule has 0 fully saturated rings. The minimum Gasteiger partial charge on any atom is -0.489 e. The fourth-order valence-electron chi connectivity index (χ4n) is 3.56. The third kappa shape index (κ3) is 5.50. The average Bonchev–Trinajstić information content (AvgIpc) is 2.82. The zero-order chi connectivity index (χ0) is 24.1. The number of carbonyl (C=O) groups is 2. The maximum atomic E-state index is 13.0. The van der Waals surface area contributed by atoms with Gasteiger partial charge in [0.05, 0.1) is 5.52 Å². The molecule has 1 aromatic heterocycles. The number of rotatable bonds is 7. The summed E-state index contributed by atoms with van der Waals surface area (Å²) in [6.07, 6.45) is 0. The molecule has 0 spiro atoms. The van der Waals surface area contributed by atoms with Crippen molar-refractivity contribution in [2.45, 2.75) is 27.1 Å². The molecule has 7 nitrogen and oxygen atoms in total. The summed E-state index contributed by atoms with van der Waals surface area (Å²) in [5.74, 6) is 0.0811. The van der Waals surface area contributed by atoms with E-state index in [1.165, 1.54) is 6.92 Å². The maximum absolute atomic E-state index is 13.0. The van der Waals surface area contributed by atoms with Gasteiger partial charge in [0.15, 0.2) is 0 Å². The lowest BCUT2D eigenvalue weighted by atomic mass is 10.1. The minimum atomic E-state index is -0.325. The quantitative estimate of drug-likeness (QED) is 0.379. The van der Waals surface area contributed by atoms with E-state index in [0.717, 1.165) is 27.7 Å². The van der Waals surface area contributed by atoms with E-state index in [1.54, 1.807) is 18.2 Å². The van der Waals surface area contributed by atoms with Crippen LogP contribution in [0.25, 0.3) is 10.9 Å². The van der Waals surface area contributed by atoms with Gasteiger partial charge in [-0.1, -0.05) is 30.3 Å². The zero-order valence-corrected chi connectivity index (χ0v) is 19.0. The van der Waals surface area contributed by atoms with Crippen LogP contribution in [0.4, 0.5) is 11.4 Å². The van der Waals surface area contributed by atoms with Crippen molar-refractivity contribution in [3.05, 3.63) is 95.2 Å². The molecule has 0 aliphatic rings. The molecule has 0 aliphatic carbocycles. The predicted octanol–water partition coefficient (Wildman–Crippen LogP) is 5.02. The fraction of sp³-hybridized carbons (Fsp3) is 0.148. The third-order valence-electron chi connectivity index (χ3n) is 5.25. The van der Waals surface area contributed by atoms with Crippen molar-refractivity contribution in [1.29, 1.82) is 0 Å². The Morgan fingerprint density at radius 1 is 0.971 bits per heavy atom. The van der Waals surface area contributed by atoms with Gasteiger partial charge >= 0.3 is 5.97 Å². The maximum Gasteiger partial charge on any atom is 0.302 e. The van der Waals surface area contributed by atoms with Crippen molar-refractivity contribution in [1.82, 2.24) is 4.98 Å². The molecule has 0 bridgehead atoms. The summed E-state index contributed by atoms with van der Waals surface area (Å²) in [6, 6.07) is 21.8. The Morgan fingerprint density at radius 3 is 2.50 bits per heavy atom. The van der Waals surface area contributed by atoms with E-state index < -0.39 is 0 Å². The van der Waals surface area contributed by atoms with Crippen molar-refractivity contribution in [3.8, 4) is 5.75 Å². The first-order chi connectivity index (χ1) is 16.4. The molecule has 0 saturated carbocycles. The number of hydrogen-bond donors (Lipinski definition) is 2. The summed E-state index contributed by atoms with van der Waals surface area (Å²) >= 11 is 0. The second-order valence-corrected chi connectivity index (χ2v) is 7.91. The van der Waals surface area contributed by atoms with Crippen LogP contribution < -0.4 is 15.8 Å². The molecule has 0 aliphatic heterocycles. The van der Waals surface area contributed by atoms with Crippen LogP contribution in [-0.4, -0.2) is 16.9 Å². The van der Waals surface area contributed by atoms with E-state index in [1.807, 2.05) is 61.5 Å². The number of nitrogens with two attached hydrogens (primary N) is 1. The van der Waals surface area contributed by atoms with Crippen LogP contribution in [0.5, 0.6) is 5.75 Å². The van der Waals surface area contributed by atoms with Gasteiger partial charge in [0.25, 0.3) is 5.91 Å². The number of ether oxygens (including phenoxy) is 2. The molecule has 0 saturated heterocycles. The Morgan fingerprint density at radius 2 is 1.74 bits per heavy atom. The number of anilines is 2. The Balaban J connectivity index is 1.45. The topological polar surface area (TPSA) is 104 Å². The lowest BCUT2D eigenvalue weighted by Crippen LogP contribution is -2.15. The summed E-state index contributed by atoms with van der Waals surface area (Å²) < 4.78 is 10.9. The van der Waals surface area contributed by atoms with Crippen molar-refractivity contribution in [3.63, 3.8) is 0 Å². The number of carbonyl (C=O) groups excluding carboxylic acids is 2. The van der Waals surface area contributed by atoms with E-state index in [9.17, 15) is 9.59 Å². The first kappa shape index (κ1) is 22.8. The molecule has 4 rings (SSSR count). The number of aromatic nitrogens is 1. The third-order valence-corrected chi connectivity index (χ3v) is 5.25. The Labute approximate surface area is 197 Å². The number of pyridine rings is 1. The average molecular weight is 456 g/mol. The van der Waals surface area contributed by atoms with Crippen molar-refractivity contribution >= 4 is 34.2 Å². The Bertz CT molecular complexity index is 1350. The van der Waals surface area contributed by atoms with E-state index >= 15 is 0 Å². The molecule has 0 radical (unpaired) electrons. The summed E-state index contributed by atoms with van der Waals surface area (Å²) in [5.41, 5.74) is 11.1. The highest BCUT2D eigenvalue weighted by molar-refractivity contribution is 6.06. The Kier molecular flexibility index (Phi) is 6.73. The van der Waals surface area contributed by atoms with Crippen LogP contribution in [0.15, 0.2) is 72.8 Å². The number of benzene rings is 3. The number of nitrogens with one attached hydrogen (secondary N) is 1. The van der Waals surface area contributed by atoms with E-state index in [-0.39, 0.29) is 25.1 Å². The van der Waals surface area contributed by atoms with Crippen molar-refractivity contribution in [2.24, 2.45) is 0 Å². The van der Waals surface area contributed by atoms with E-state index in [2.05, 4.69) is 10.3 Å². The van der Waals surface area contributed by atoms with E-state index in [4.69, 9.17) is 15.2 Å². The number of hydrogen-bond acceptors (Lipinski definition) is 6. The molecule has 3 aromatic carbocycles. The van der Waals surface area contributed by atoms with Gasteiger partial charge in [-0.25, -0.2) is 0 Å². The number of aryl methyl sites for hydroxylation is 1. The number of esters is 1. The van der Waals surface area contributed by atoms with Gasteiger partial charge in [-0.15, -0.1) is 0 Å². The molecule has 34 heavy (non-hydrogen) atoms. The first-order valence-electron chi connectivity index (χ1n) is 10.8. The summed E-state index contributed by atoms with van der Waals surface area (Å²) in [4.78, 5) is 28.5. The molecule has 0 atom stereocenters. The smallest absolute Gasteiger partial charge is 0.302 e. The SMILES string of the molecule is CC(=O)OCc1ccc(OCc2ccccc2C(=O)Nc2ccc3nc(C)cc(N)c3c2)cc1. The lowest BCUT2D eigenvalue weighted by Gasteiger charge is -2.13. The van der Waals surface area contributed by atoms with Gasteiger partial charge in [-0.3, -0.25) is 14.6 Å². The summed E-state index contributed by atoms with van der Waals surface area (Å²) in [5, 5.41) is 3.73. The van der Waals surface area contributed by atoms with Crippen LogP contribution in [0.2, 0.25) is 0 Å². The highest BCUT2D eigenvalue weighted by Crippen LogP contribution is 2.25. The monoisotopic (exact) mass is 455 g/mol. The normalized spacial score (nSPS) is 10.6. The molecule has 4 aromatic rings. The molecule has 7 heteroatoms. The molecule has 172 valence electrons. The Hall–Kier alpha value is -4.39. The van der Waals surface area contributed by atoms with Gasteiger partial charge in [0.2, 0.25) is 0 Å². The minimum absolute atomic E-state index is 0.217. The highest BCUT2D eigenvalue weighted by Gasteiger charge is 2.13. The number of amides is 1. The molecule has 1 heterocycles. The second-order valence-electron chi connectivity index (χ2n) is 7.91. The summed E-state index contributed by atoms with van der Waals surface area (Å²) in [7, 11) is 0. The predicted molar refractivity (Wildman–Crippen MR) is 132 cm³/mol.